The summed E-state index contributed by atoms with van der Waals surface area (Å²) in [5.74, 6) is -0.393. The maximum atomic E-state index is 10.5. The molecular formula is C29H33Cl2NOSiZr. The summed E-state index contributed by atoms with van der Waals surface area (Å²) in [6.45, 7) is 4.06. The van der Waals surface area contributed by atoms with Crippen LogP contribution in [-0.4, -0.2) is 15.4 Å². The second-order valence-electron chi connectivity index (χ2n) is 7.62. The Morgan fingerprint density at radius 1 is 0.829 bits per heavy atom. The van der Waals surface area contributed by atoms with Crippen molar-refractivity contribution in [3.05, 3.63) is 109 Å². The van der Waals surface area contributed by atoms with E-state index in [1.165, 1.54) is 21.1 Å². The van der Waals surface area contributed by atoms with Crippen LogP contribution >= 0.6 is 0 Å². The molecule has 4 aromatic rings. The number of benzene rings is 3. The normalized spacial score (nSPS) is 10.0. The van der Waals surface area contributed by atoms with Gasteiger partial charge in [0.05, 0.1) is 5.91 Å². The van der Waals surface area contributed by atoms with Crippen LogP contribution in [0.4, 0.5) is 0 Å². The fraction of sp³-hybridized carbons (Fsp3) is 0.241. The van der Waals surface area contributed by atoms with E-state index >= 15 is 0 Å². The van der Waals surface area contributed by atoms with Crippen LogP contribution in [-0.2, 0) is 31.0 Å². The van der Waals surface area contributed by atoms with Gasteiger partial charge in [0.1, 0.15) is 9.52 Å². The van der Waals surface area contributed by atoms with Crippen LogP contribution < -0.4 is 35.2 Å². The van der Waals surface area contributed by atoms with Gasteiger partial charge < -0.3 is 35.3 Å². The topological polar surface area (TPSA) is 40.9 Å². The van der Waals surface area contributed by atoms with Gasteiger partial charge >= 0.3 is 26.2 Å². The average molecular weight is 602 g/mol. The number of carbonyl (C=O) groups excluding carboxylic acids is 1. The number of nitrogens with one attached hydrogen (secondary N) is 1. The average Bonchev–Trinajstić information content (AvgIpc) is 3.31. The summed E-state index contributed by atoms with van der Waals surface area (Å²) < 4.78 is 0. The molecule has 2 nitrogen and oxygen atoms in total. The molecule has 6 heteroatoms. The molecule has 0 heterocycles. The quantitative estimate of drug-likeness (QED) is 0.227. The standard InChI is InChI=1S/C12H10Si.C9H7.C8H17NO.2ClH.Zr/c1-3-7-11(8-4-1)13-12-9-5-2-6-10-12;1-2-5-9-7-3-6-8(9)4-1;1-3-5-6-7(4-2)8(9)10;;;/h1-10H;1-7H;7H,3-6H2,1-2H3,(H2,9,10);2*1H;/q;-1;;;;+4/p-3. The molecule has 35 heavy (non-hydrogen) atoms. The number of rotatable bonds is 7. The summed E-state index contributed by atoms with van der Waals surface area (Å²) in [4.78, 5) is 10.5. The summed E-state index contributed by atoms with van der Waals surface area (Å²) in [6.07, 6.45) is 3.91. The molecule has 0 aromatic heterocycles. The first kappa shape index (κ1) is 35.6. The van der Waals surface area contributed by atoms with Crippen LogP contribution in [0.1, 0.15) is 39.5 Å². The molecule has 4 aromatic carbocycles. The molecule has 0 aliphatic rings. The van der Waals surface area contributed by atoms with Gasteiger partial charge in [-0.15, -0.1) is 29.7 Å². The van der Waals surface area contributed by atoms with Gasteiger partial charge in [0.25, 0.3) is 0 Å². The molecule has 0 saturated carbocycles. The van der Waals surface area contributed by atoms with Crippen molar-refractivity contribution in [3.63, 3.8) is 0 Å². The van der Waals surface area contributed by atoms with Gasteiger partial charge in [-0.05, 0) is 18.8 Å². The molecule has 1 N–H and O–H groups in total. The van der Waals surface area contributed by atoms with E-state index in [1.807, 2.05) is 6.92 Å². The Morgan fingerprint density at radius 2 is 1.34 bits per heavy atom. The zero-order valence-corrected chi connectivity index (χ0v) is 25.4. The molecule has 0 aliphatic carbocycles. The van der Waals surface area contributed by atoms with Gasteiger partial charge in [-0.1, -0.05) is 104 Å². The third kappa shape index (κ3) is 14.5. The minimum absolute atomic E-state index is 0. The van der Waals surface area contributed by atoms with E-state index in [1.54, 1.807) is 0 Å². The third-order valence-corrected chi connectivity index (χ3v) is 6.40. The van der Waals surface area contributed by atoms with E-state index in [4.69, 9.17) is 5.73 Å². The smallest absolute Gasteiger partial charge is 1.00 e. The van der Waals surface area contributed by atoms with E-state index in [-0.39, 0.29) is 56.9 Å². The molecule has 1 amide bonds. The summed E-state index contributed by atoms with van der Waals surface area (Å²) in [5, 5.41) is 5.46. The van der Waals surface area contributed by atoms with Gasteiger partial charge in [0.15, 0.2) is 0 Å². The van der Waals surface area contributed by atoms with Crippen LogP contribution in [0.3, 0.4) is 0 Å². The minimum atomic E-state index is -0.393. The van der Waals surface area contributed by atoms with Crippen molar-refractivity contribution in [1.29, 1.82) is 0 Å². The molecule has 0 bridgehead atoms. The van der Waals surface area contributed by atoms with Crippen LogP contribution in [0.25, 0.3) is 16.5 Å². The monoisotopic (exact) mass is 599 g/mol. The van der Waals surface area contributed by atoms with E-state index in [0.717, 1.165) is 35.2 Å². The Labute approximate surface area is 245 Å². The van der Waals surface area contributed by atoms with Crippen molar-refractivity contribution in [2.45, 2.75) is 39.5 Å². The predicted molar refractivity (Wildman–Crippen MR) is 140 cm³/mol. The number of fused-ring (bicyclic) bond motifs is 1. The molecule has 1 atom stereocenters. The maximum absolute atomic E-state index is 10.5. The Bertz CT molecular complexity index is 961. The SMILES string of the molecule is CCCCC(CC)C([NH-])=O.[Cl-].[Cl-].[Zr+4].c1ccc([Si]c2ccccc2)cc1.c1ccc2[cH-]ccc2c1. The van der Waals surface area contributed by atoms with Crippen molar-refractivity contribution in [3.8, 4) is 0 Å². The summed E-state index contributed by atoms with van der Waals surface area (Å²) in [6, 6.07) is 35.8. The van der Waals surface area contributed by atoms with Crippen molar-refractivity contribution >= 4 is 36.6 Å². The van der Waals surface area contributed by atoms with Gasteiger partial charge in [0, 0.05) is 0 Å². The van der Waals surface area contributed by atoms with Crippen molar-refractivity contribution in [2.24, 2.45) is 5.92 Å². The number of carbonyl (C=O) groups is 1. The van der Waals surface area contributed by atoms with Crippen molar-refractivity contribution < 1.29 is 55.8 Å². The summed E-state index contributed by atoms with van der Waals surface area (Å²) in [7, 11) is 0.777. The number of amides is 1. The van der Waals surface area contributed by atoms with Gasteiger partial charge in [0.2, 0.25) is 0 Å². The Morgan fingerprint density at radius 3 is 1.80 bits per heavy atom. The fourth-order valence-electron chi connectivity index (χ4n) is 3.25. The van der Waals surface area contributed by atoms with Gasteiger partial charge in [-0.25, -0.2) is 0 Å². The van der Waals surface area contributed by atoms with Crippen molar-refractivity contribution in [2.75, 3.05) is 0 Å². The van der Waals surface area contributed by atoms with E-state index < -0.39 is 5.91 Å². The zero-order chi connectivity index (χ0) is 23.0. The Hall–Kier alpha value is -1.58. The van der Waals surface area contributed by atoms with Gasteiger partial charge in [-0.3, -0.25) is 0 Å². The van der Waals surface area contributed by atoms with E-state index in [2.05, 4.69) is 110 Å². The second-order valence-corrected chi connectivity index (χ2v) is 9.03. The van der Waals surface area contributed by atoms with Crippen LogP contribution in [0.2, 0.25) is 0 Å². The van der Waals surface area contributed by atoms with Crippen LogP contribution in [0.15, 0.2) is 103 Å². The first-order valence-electron chi connectivity index (χ1n) is 11.4. The number of hydrogen-bond acceptors (Lipinski definition) is 1. The van der Waals surface area contributed by atoms with E-state index in [0.29, 0.717) is 0 Å². The van der Waals surface area contributed by atoms with Crippen LogP contribution in [0, 0.1) is 5.92 Å². The van der Waals surface area contributed by atoms with Crippen LogP contribution in [0.5, 0.6) is 0 Å². The fourth-order valence-corrected chi connectivity index (χ4v) is 4.30. The summed E-state index contributed by atoms with van der Waals surface area (Å²) in [5.41, 5.74) is 6.87. The number of unbranched alkanes of at least 4 members (excludes halogenated alkanes) is 1. The first-order chi connectivity index (χ1) is 15.6. The molecule has 1 unspecified atom stereocenters. The molecule has 0 spiro atoms. The molecule has 0 aliphatic heterocycles. The molecule has 0 fully saturated rings. The largest absolute Gasteiger partial charge is 4.00 e. The van der Waals surface area contributed by atoms with Gasteiger partial charge in [-0.2, -0.15) is 17.5 Å². The maximum Gasteiger partial charge on any atom is 4.00 e. The van der Waals surface area contributed by atoms with E-state index in [9.17, 15) is 4.79 Å². The summed E-state index contributed by atoms with van der Waals surface area (Å²) >= 11 is 0. The zero-order valence-electron chi connectivity index (χ0n) is 20.4. The molecule has 0 saturated heterocycles. The number of hydrogen-bond donors (Lipinski definition) is 0. The molecule has 182 valence electrons. The second kappa shape index (κ2) is 21.7. The third-order valence-electron chi connectivity index (χ3n) is 5.15. The Balaban J connectivity index is 0. The molecule has 2 radical (unpaired) electrons. The number of halogens is 2. The predicted octanol–water partition coefficient (Wildman–Crippen LogP) is 0.687. The first-order valence-corrected chi connectivity index (χ1v) is 12.4. The molecular weight excluding hydrogens is 569 g/mol. The molecule has 4 rings (SSSR count). The minimum Gasteiger partial charge on any atom is -1.00 e. The Kier molecular flexibility index (Phi) is 22.0. The van der Waals surface area contributed by atoms with Crippen molar-refractivity contribution in [1.82, 2.24) is 0 Å².